The lowest BCUT2D eigenvalue weighted by Gasteiger charge is -2.25. The van der Waals surface area contributed by atoms with Crippen molar-refractivity contribution in [3.8, 4) is 17.2 Å². The minimum absolute atomic E-state index is 0.00386. The van der Waals surface area contributed by atoms with Crippen molar-refractivity contribution < 1.29 is 33.6 Å². The van der Waals surface area contributed by atoms with Crippen LogP contribution in [0.3, 0.4) is 0 Å². The summed E-state index contributed by atoms with van der Waals surface area (Å²) in [4.78, 5) is 27.4. The number of aliphatic hydroxyl groups excluding tert-OH is 1. The number of hydrogen-bond donors (Lipinski definition) is 1. The van der Waals surface area contributed by atoms with E-state index in [9.17, 15) is 14.7 Å². The summed E-state index contributed by atoms with van der Waals surface area (Å²) in [6, 6.07) is 11.1. The van der Waals surface area contributed by atoms with E-state index in [0.717, 1.165) is 0 Å². The van der Waals surface area contributed by atoms with Gasteiger partial charge < -0.3 is 29.0 Å². The summed E-state index contributed by atoms with van der Waals surface area (Å²) in [6.45, 7) is 5.08. The van der Waals surface area contributed by atoms with Crippen LogP contribution in [0.15, 0.2) is 48.0 Å². The molecule has 0 spiro atoms. The van der Waals surface area contributed by atoms with Crippen LogP contribution in [0.1, 0.15) is 31.0 Å². The van der Waals surface area contributed by atoms with Crippen LogP contribution in [0.5, 0.6) is 17.2 Å². The number of rotatable bonds is 10. The first-order valence-corrected chi connectivity index (χ1v) is 11.0. The van der Waals surface area contributed by atoms with Gasteiger partial charge in [0.05, 0.1) is 39.0 Å². The van der Waals surface area contributed by atoms with E-state index in [4.69, 9.17) is 18.9 Å². The van der Waals surface area contributed by atoms with Crippen molar-refractivity contribution in [2.75, 3.05) is 41.1 Å². The molecule has 0 radical (unpaired) electrons. The van der Waals surface area contributed by atoms with Gasteiger partial charge in [-0.1, -0.05) is 19.9 Å². The molecule has 8 nitrogen and oxygen atoms in total. The summed E-state index contributed by atoms with van der Waals surface area (Å²) in [7, 11) is 4.55. The van der Waals surface area contributed by atoms with E-state index in [-0.39, 0.29) is 24.5 Å². The number of likely N-dealkylation sites (tertiary alicyclic amines) is 1. The summed E-state index contributed by atoms with van der Waals surface area (Å²) in [5.41, 5.74) is 1.02. The first kappa shape index (κ1) is 25.1. The maximum atomic E-state index is 13.1. The molecular formula is C26H31NO7. The van der Waals surface area contributed by atoms with E-state index in [1.54, 1.807) is 42.5 Å². The third-order valence-electron chi connectivity index (χ3n) is 5.51. The van der Waals surface area contributed by atoms with Gasteiger partial charge in [0.25, 0.3) is 11.7 Å². The number of ketones is 1. The van der Waals surface area contributed by atoms with Crippen LogP contribution in [-0.4, -0.2) is 62.8 Å². The van der Waals surface area contributed by atoms with Crippen LogP contribution in [-0.2, 0) is 14.3 Å². The highest BCUT2D eigenvalue weighted by Gasteiger charge is 2.46. The molecule has 0 aromatic heterocycles. The minimum atomic E-state index is -0.813. The average molecular weight is 470 g/mol. The predicted molar refractivity (Wildman–Crippen MR) is 127 cm³/mol. The number of Topliss-reactive ketones (excluding diaryl/α,β-unsaturated/α-hetero) is 1. The maximum Gasteiger partial charge on any atom is 0.295 e. The van der Waals surface area contributed by atoms with Gasteiger partial charge in [0.15, 0.2) is 11.5 Å². The molecule has 1 unspecified atom stereocenters. The number of benzene rings is 2. The molecule has 2 aromatic carbocycles. The molecule has 1 aliphatic heterocycles. The van der Waals surface area contributed by atoms with Crippen molar-refractivity contribution in [3.63, 3.8) is 0 Å². The van der Waals surface area contributed by atoms with Crippen molar-refractivity contribution in [2.45, 2.75) is 19.9 Å². The minimum Gasteiger partial charge on any atom is -0.507 e. The maximum absolute atomic E-state index is 13.1. The Labute approximate surface area is 199 Å². The van der Waals surface area contributed by atoms with Gasteiger partial charge in [-0.15, -0.1) is 0 Å². The van der Waals surface area contributed by atoms with Crippen LogP contribution in [0.4, 0.5) is 0 Å². The molecule has 0 bridgehead atoms. The SMILES string of the molecule is COCCN1C(=O)C(=O)C(=C(O)c2ccc(OCC(C)C)cc2)C1c1ccc(OC)c(OC)c1. The number of hydrogen-bond acceptors (Lipinski definition) is 7. The quantitative estimate of drug-likeness (QED) is 0.321. The molecule has 3 rings (SSSR count). The fourth-order valence-electron chi connectivity index (χ4n) is 3.80. The van der Waals surface area contributed by atoms with Gasteiger partial charge in [-0.05, 0) is 47.9 Å². The summed E-state index contributed by atoms with van der Waals surface area (Å²) in [5.74, 6) is 0.276. The fraction of sp³-hybridized carbons (Fsp3) is 0.385. The highest BCUT2D eigenvalue weighted by atomic mass is 16.5. The van der Waals surface area contributed by atoms with Gasteiger partial charge in [-0.3, -0.25) is 9.59 Å². The molecule has 0 saturated carbocycles. The molecule has 1 N–H and O–H groups in total. The zero-order valence-electron chi connectivity index (χ0n) is 20.2. The van der Waals surface area contributed by atoms with E-state index < -0.39 is 17.7 Å². The Kier molecular flexibility index (Phi) is 8.17. The third kappa shape index (κ3) is 5.17. The molecule has 8 heteroatoms. The Balaban J connectivity index is 2.07. The standard InChI is InChI=1S/C26H31NO7/c1-16(2)15-34-19-9-6-17(7-10-19)24(28)22-23(27(12-13-31-3)26(30)25(22)29)18-8-11-20(32-4)21(14-18)33-5/h6-11,14,16,23,28H,12-13,15H2,1-5H3. The summed E-state index contributed by atoms with van der Waals surface area (Å²) in [5, 5.41) is 11.2. The number of carbonyl (C=O) groups is 2. The van der Waals surface area contributed by atoms with E-state index in [1.165, 1.54) is 26.2 Å². The Bertz CT molecular complexity index is 1060. The van der Waals surface area contributed by atoms with Crippen LogP contribution in [0.2, 0.25) is 0 Å². The highest BCUT2D eigenvalue weighted by Crippen LogP contribution is 2.41. The van der Waals surface area contributed by atoms with Crippen molar-refractivity contribution in [1.29, 1.82) is 0 Å². The number of ether oxygens (including phenoxy) is 4. The first-order valence-electron chi connectivity index (χ1n) is 11.0. The van der Waals surface area contributed by atoms with E-state index in [0.29, 0.717) is 40.9 Å². The third-order valence-corrected chi connectivity index (χ3v) is 5.51. The summed E-state index contributed by atoms with van der Waals surface area (Å²) in [6.07, 6.45) is 0. The van der Waals surface area contributed by atoms with Gasteiger partial charge in [0.1, 0.15) is 11.5 Å². The summed E-state index contributed by atoms with van der Waals surface area (Å²) >= 11 is 0. The van der Waals surface area contributed by atoms with Gasteiger partial charge in [-0.2, -0.15) is 0 Å². The molecule has 1 aliphatic rings. The smallest absolute Gasteiger partial charge is 0.295 e. The molecule has 182 valence electrons. The molecule has 1 amide bonds. The first-order chi connectivity index (χ1) is 16.3. The van der Waals surface area contributed by atoms with Gasteiger partial charge in [-0.25, -0.2) is 0 Å². The lowest BCUT2D eigenvalue weighted by molar-refractivity contribution is -0.140. The molecule has 0 aliphatic carbocycles. The normalized spacial score (nSPS) is 17.4. The molecule has 2 aromatic rings. The highest BCUT2D eigenvalue weighted by molar-refractivity contribution is 6.46. The van der Waals surface area contributed by atoms with Gasteiger partial charge in [0, 0.05) is 19.2 Å². The Morgan fingerprint density at radius 3 is 2.26 bits per heavy atom. The Morgan fingerprint density at radius 2 is 1.68 bits per heavy atom. The van der Waals surface area contributed by atoms with Crippen molar-refractivity contribution in [2.24, 2.45) is 5.92 Å². The average Bonchev–Trinajstić information content (AvgIpc) is 3.10. The van der Waals surface area contributed by atoms with Crippen LogP contribution in [0.25, 0.3) is 5.76 Å². The van der Waals surface area contributed by atoms with Crippen LogP contribution < -0.4 is 14.2 Å². The number of aliphatic hydroxyl groups is 1. The van der Waals surface area contributed by atoms with E-state index >= 15 is 0 Å². The molecule has 1 heterocycles. The molecular weight excluding hydrogens is 438 g/mol. The number of methoxy groups -OCH3 is 3. The molecule has 1 saturated heterocycles. The van der Waals surface area contributed by atoms with Crippen molar-refractivity contribution in [1.82, 2.24) is 4.90 Å². The second kappa shape index (κ2) is 11.1. The van der Waals surface area contributed by atoms with E-state index in [2.05, 4.69) is 13.8 Å². The second-order valence-electron chi connectivity index (χ2n) is 8.33. The Hall–Kier alpha value is -3.52. The zero-order valence-corrected chi connectivity index (χ0v) is 20.2. The van der Waals surface area contributed by atoms with Crippen molar-refractivity contribution >= 4 is 17.4 Å². The summed E-state index contributed by atoms with van der Waals surface area (Å²) < 4.78 is 21.6. The lowest BCUT2D eigenvalue weighted by atomic mass is 9.95. The zero-order chi connectivity index (χ0) is 24.8. The number of nitrogens with zero attached hydrogens (tertiary/aromatic N) is 1. The fourth-order valence-corrected chi connectivity index (χ4v) is 3.80. The molecule has 1 fully saturated rings. The van der Waals surface area contributed by atoms with Crippen molar-refractivity contribution in [3.05, 3.63) is 59.2 Å². The van der Waals surface area contributed by atoms with Gasteiger partial charge in [0.2, 0.25) is 0 Å². The Morgan fingerprint density at radius 1 is 1.00 bits per heavy atom. The van der Waals surface area contributed by atoms with Crippen LogP contribution >= 0.6 is 0 Å². The van der Waals surface area contributed by atoms with Crippen LogP contribution in [0, 0.1) is 5.92 Å². The lowest BCUT2D eigenvalue weighted by Crippen LogP contribution is -2.32. The predicted octanol–water partition coefficient (Wildman–Crippen LogP) is 3.81. The van der Waals surface area contributed by atoms with Gasteiger partial charge >= 0.3 is 0 Å². The monoisotopic (exact) mass is 469 g/mol. The topological polar surface area (TPSA) is 94.5 Å². The number of amides is 1. The second-order valence-corrected chi connectivity index (χ2v) is 8.33. The van der Waals surface area contributed by atoms with E-state index in [1.807, 2.05) is 0 Å². The molecule has 34 heavy (non-hydrogen) atoms. The largest absolute Gasteiger partial charge is 0.507 e. The number of carbonyl (C=O) groups excluding carboxylic acids is 2. The molecule has 1 atom stereocenters.